The van der Waals surface area contributed by atoms with E-state index in [1.807, 2.05) is 11.0 Å². The van der Waals surface area contributed by atoms with Crippen LogP contribution in [0, 0.1) is 5.41 Å². The van der Waals surface area contributed by atoms with Gasteiger partial charge in [-0.15, -0.1) is 10.2 Å². The Morgan fingerprint density at radius 3 is 2.87 bits per heavy atom. The molecule has 0 spiro atoms. The summed E-state index contributed by atoms with van der Waals surface area (Å²) >= 11 is 0. The van der Waals surface area contributed by atoms with E-state index in [1.54, 1.807) is 6.07 Å². The number of benzene rings is 1. The number of tetrazole rings is 1. The number of phenols is 1. The second-order valence-corrected chi connectivity index (χ2v) is 9.86. The number of likely N-dealkylation sites (tertiary alicyclic amines) is 2. The van der Waals surface area contributed by atoms with Crippen LogP contribution in [0.2, 0.25) is 0 Å². The van der Waals surface area contributed by atoms with E-state index >= 15 is 0 Å². The Labute approximate surface area is 176 Å². The Morgan fingerprint density at radius 1 is 1.27 bits per heavy atom. The zero-order valence-corrected chi connectivity index (χ0v) is 17.9. The number of hydrogen-bond acceptors (Lipinski definition) is 5. The molecule has 2 fully saturated rings. The van der Waals surface area contributed by atoms with Gasteiger partial charge in [-0.1, -0.05) is 38.1 Å². The smallest absolute Gasteiger partial charge is 0.320 e. The minimum absolute atomic E-state index is 0.0510. The largest absolute Gasteiger partial charge is 0.508 e. The minimum Gasteiger partial charge on any atom is -0.508 e. The van der Waals surface area contributed by atoms with Gasteiger partial charge in [0.05, 0.1) is 0 Å². The van der Waals surface area contributed by atoms with Crippen LogP contribution in [-0.2, 0) is 11.8 Å². The average molecular weight is 411 g/mol. The summed E-state index contributed by atoms with van der Waals surface area (Å²) in [6, 6.07) is 6.02. The van der Waals surface area contributed by atoms with Crippen LogP contribution in [0.15, 0.2) is 18.2 Å². The molecule has 160 valence electrons. The van der Waals surface area contributed by atoms with Crippen LogP contribution in [0.1, 0.15) is 62.9 Å². The number of aromatic hydroxyl groups is 1. The standard InChI is InChI=1S/C22H30N6O2/c1-21(2)18-12-15-16(7-4-8-17(15)29)22(21,3)9-11-28(18)20(30)27-10-5-6-14(13-27)19-23-25-26-24-19/h4,7-8,14,18,29H,5-6,9-13H2,1-3H3,(H,23,24,25,26)/t14?,18-,22+/m1/s1. The Bertz CT molecular complexity index is 959. The fraction of sp³-hybridized carbons (Fsp3) is 0.636. The second-order valence-electron chi connectivity index (χ2n) is 9.86. The summed E-state index contributed by atoms with van der Waals surface area (Å²) < 4.78 is 0. The number of hydrogen-bond donors (Lipinski definition) is 2. The number of aromatic nitrogens is 4. The first-order chi connectivity index (χ1) is 14.3. The number of carbonyl (C=O) groups excluding carboxylic acids is 1. The molecule has 8 heteroatoms. The van der Waals surface area contributed by atoms with E-state index in [4.69, 9.17) is 0 Å². The van der Waals surface area contributed by atoms with Crippen LogP contribution in [0.3, 0.4) is 0 Å². The highest BCUT2D eigenvalue weighted by Gasteiger charge is 2.57. The van der Waals surface area contributed by atoms with Gasteiger partial charge in [0.2, 0.25) is 0 Å². The second kappa shape index (κ2) is 6.68. The number of piperidine rings is 2. The molecule has 8 nitrogen and oxygen atoms in total. The molecule has 0 saturated carbocycles. The van der Waals surface area contributed by atoms with Gasteiger partial charge in [0.1, 0.15) is 5.75 Å². The number of rotatable bonds is 1. The molecule has 2 bridgehead atoms. The van der Waals surface area contributed by atoms with Crippen molar-refractivity contribution in [3.8, 4) is 5.75 Å². The molecule has 2 saturated heterocycles. The lowest BCUT2D eigenvalue weighted by molar-refractivity contribution is -0.0252. The minimum atomic E-state index is -0.0927. The number of H-pyrrole nitrogens is 1. The maximum absolute atomic E-state index is 13.7. The molecule has 30 heavy (non-hydrogen) atoms. The van der Waals surface area contributed by atoms with Crippen molar-refractivity contribution in [2.45, 2.75) is 63.8 Å². The van der Waals surface area contributed by atoms with Gasteiger partial charge in [-0.3, -0.25) is 0 Å². The number of fused-ring (bicyclic) bond motifs is 4. The first kappa shape index (κ1) is 19.3. The summed E-state index contributed by atoms with van der Waals surface area (Å²) in [7, 11) is 0. The maximum Gasteiger partial charge on any atom is 0.320 e. The molecule has 1 aromatic carbocycles. The van der Waals surface area contributed by atoms with E-state index in [0.717, 1.165) is 37.9 Å². The molecule has 2 N–H and O–H groups in total. The molecule has 2 aromatic rings. The number of urea groups is 1. The average Bonchev–Trinajstić information content (AvgIpc) is 3.26. The molecule has 0 radical (unpaired) electrons. The van der Waals surface area contributed by atoms with E-state index in [0.29, 0.717) is 24.5 Å². The zero-order valence-electron chi connectivity index (χ0n) is 17.9. The van der Waals surface area contributed by atoms with Crippen molar-refractivity contribution in [2.24, 2.45) is 5.41 Å². The van der Waals surface area contributed by atoms with E-state index in [9.17, 15) is 9.90 Å². The quantitative estimate of drug-likeness (QED) is 0.753. The molecular formula is C22H30N6O2. The molecule has 2 amide bonds. The predicted octanol–water partition coefficient (Wildman–Crippen LogP) is 2.82. The summed E-state index contributed by atoms with van der Waals surface area (Å²) in [5.41, 5.74) is 2.08. The van der Waals surface area contributed by atoms with Crippen molar-refractivity contribution in [3.05, 3.63) is 35.2 Å². The summed E-state index contributed by atoms with van der Waals surface area (Å²) in [5, 5.41) is 25.1. The van der Waals surface area contributed by atoms with Gasteiger partial charge in [0.15, 0.2) is 5.82 Å². The number of phenolic OH excluding ortho intramolecular Hbond substituents is 1. The molecule has 1 unspecified atom stereocenters. The van der Waals surface area contributed by atoms with Gasteiger partial charge in [-0.25, -0.2) is 4.79 Å². The lowest BCUT2D eigenvalue weighted by Gasteiger charge is -2.61. The summed E-state index contributed by atoms with van der Waals surface area (Å²) in [5.74, 6) is 1.17. The monoisotopic (exact) mass is 410 g/mol. The Kier molecular flexibility index (Phi) is 4.31. The van der Waals surface area contributed by atoms with Gasteiger partial charge in [0.25, 0.3) is 0 Å². The number of nitrogens with one attached hydrogen (secondary N) is 1. The van der Waals surface area contributed by atoms with Gasteiger partial charge in [-0.2, -0.15) is 5.21 Å². The third-order valence-corrected chi connectivity index (χ3v) is 8.29. The molecule has 3 atom stereocenters. The summed E-state index contributed by atoms with van der Waals surface area (Å²) in [6.45, 7) is 8.98. The van der Waals surface area contributed by atoms with Crippen molar-refractivity contribution in [3.63, 3.8) is 0 Å². The number of aromatic amines is 1. The van der Waals surface area contributed by atoms with Gasteiger partial charge in [0, 0.05) is 37.0 Å². The third-order valence-electron chi connectivity index (χ3n) is 8.29. The first-order valence-electron chi connectivity index (χ1n) is 10.9. The molecule has 2 aliphatic heterocycles. The normalized spacial score (nSPS) is 30.1. The molecular weight excluding hydrogens is 380 g/mol. The van der Waals surface area contributed by atoms with Crippen molar-refractivity contribution >= 4 is 6.03 Å². The number of amides is 2. The van der Waals surface area contributed by atoms with E-state index < -0.39 is 0 Å². The van der Waals surface area contributed by atoms with Crippen LogP contribution >= 0.6 is 0 Å². The predicted molar refractivity (Wildman–Crippen MR) is 111 cm³/mol. The topological polar surface area (TPSA) is 98.2 Å². The van der Waals surface area contributed by atoms with Crippen LogP contribution in [0.25, 0.3) is 0 Å². The highest BCUT2D eigenvalue weighted by Crippen LogP contribution is 2.57. The van der Waals surface area contributed by atoms with Crippen molar-refractivity contribution < 1.29 is 9.90 Å². The molecule has 3 aliphatic rings. The molecule has 5 rings (SSSR count). The zero-order chi connectivity index (χ0) is 21.1. The van der Waals surface area contributed by atoms with Gasteiger partial charge >= 0.3 is 6.03 Å². The summed E-state index contributed by atoms with van der Waals surface area (Å²) in [6.07, 6.45) is 3.49. The van der Waals surface area contributed by atoms with Crippen LogP contribution in [0.5, 0.6) is 5.75 Å². The molecule has 1 aromatic heterocycles. The van der Waals surface area contributed by atoms with Crippen LogP contribution in [-0.4, -0.2) is 67.2 Å². The van der Waals surface area contributed by atoms with Crippen LogP contribution < -0.4 is 0 Å². The SMILES string of the molecule is CC1(C)[C@H]2Cc3c(O)cccc3[C@]1(C)CCN2C(=O)N1CCCC(c2nn[nH]n2)C1. The Balaban J connectivity index is 1.44. The fourth-order valence-electron chi connectivity index (χ4n) is 6.04. The lowest BCUT2D eigenvalue weighted by atomic mass is 9.51. The van der Waals surface area contributed by atoms with E-state index in [1.165, 1.54) is 5.56 Å². The van der Waals surface area contributed by atoms with Gasteiger partial charge in [-0.05, 0) is 48.3 Å². The van der Waals surface area contributed by atoms with E-state index in [-0.39, 0.29) is 28.8 Å². The Morgan fingerprint density at radius 2 is 2.10 bits per heavy atom. The molecule has 1 aliphatic carbocycles. The van der Waals surface area contributed by atoms with E-state index in [2.05, 4.69) is 52.4 Å². The van der Waals surface area contributed by atoms with Crippen molar-refractivity contribution in [2.75, 3.05) is 19.6 Å². The van der Waals surface area contributed by atoms with Gasteiger partial charge < -0.3 is 14.9 Å². The highest BCUT2D eigenvalue weighted by molar-refractivity contribution is 5.76. The number of carbonyl (C=O) groups is 1. The fourth-order valence-corrected chi connectivity index (χ4v) is 6.04. The third kappa shape index (κ3) is 2.65. The molecule has 3 heterocycles. The highest BCUT2D eigenvalue weighted by atomic mass is 16.3. The maximum atomic E-state index is 13.7. The number of nitrogens with zero attached hydrogens (tertiary/aromatic N) is 5. The lowest BCUT2D eigenvalue weighted by Crippen LogP contribution is -2.66. The first-order valence-corrected chi connectivity index (χ1v) is 10.9. The van der Waals surface area contributed by atoms with Crippen LogP contribution in [0.4, 0.5) is 4.79 Å². The summed E-state index contributed by atoms with van der Waals surface area (Å²) in [4.78, 5) is 17.7. The Hall–Kier alpha value is -2.64. The van der Waals surface area contributed by atoms with Crippen molar-refractivity contribution in [1.29, 1.82) is 0 Å². The van der Waals surface area contributed by atoms with Crippen molar-refractivity contribution in [1.82, 2.24) is 30.4 Å².